The molecule has 3 heteroatoms. The van der Waals surface area contributed by atoms with E-state index in [9.17, 15) is 0 Å². The highest BCUT2D eigenvalue weighted by Gasteiger charge is 2.30. The predicted molar refractivity (Wildman–Crippen MR) is 75.0 cm³/mol. The molecule has 2 aromatic rings. The Labute approximate surface area is 114 Å². The molecule has 1 aromatic carbocycles. The van der Waals surface area contributed by atoms with E-state index in [0.29, 0.717) is 12.0 Å². The molecule has 1 saturated carbocycles. The van der Waals surface area contributed by atoms with Crippen molar-refractivity contribution in [2.24, 2.45) is 0 Å². The lowest BCUT2D eigenvalue weighted by Crippen LogP contribution is -2.39. The molecule has 0 amide bonds. The van der Waals surface area contributed by atoms with Crippen LogP contribution < -0.4 is 5.32 Å². The number of rotatable bonds is 4. The maximum absolute atomic E-state index is 5.46. The van der Waals surface area contributed by atoms with Crippen molar-refractivity contribution in [1.29, 1.82) is 0 Å². The molecule has 0 atom stereocenters. The highest BCUT2D eigenvalue weighted by Crippen LogP contribution is 2.38. The lowest BCUT2D eigenvalue weighted by Gasteiger charge is -2.37. The molecule has 0 aliphatic heterocycles. The average molecular weight is 256 g/mol. The molecule has 1 heterocycles. The summed E-state index contributed by atoms with van der Waals surface area (Å²) in [5.74, 6) is 2.38. The van der Waals surface area contributed by atoms with Gasteiger partial charge in [0.15, 0.2) is 0 Å². The van der Waals surface area contributed by atoms with Crippen LogP contribution in [0.1, 0.15) is 41.5 Å². The Morgan fingerprint density at radius 2 is 2.05 bits per heavy atom. The molecule has 3 rings (SSSR count). The molecular weight excluding hydrogens is 236 g/mol. The smallest absolute Gasteiger partial charge is 0.208 e. The summed E-state index contributed by atoms with van der Waals surface area (Å²) in [5, 5.41) is 3.51. The van der Waals surface area contributed by atoms with Gasteiger partial charge in [0, 0.05) is 6.04 Å². The van der Waals surface area contributed by atoms with Crippen LogP contribution in [0, 0.1) is 13.8 Å². The lowest BCUT2D eigenvalue weighted by atomic mass is 9.74. The van der Waals surface area contributed by atoms with Gasteiger partial charge in [0.1, 0.15) is 5.76 Å². The molecule has 1 N–H and O–H groups in total. The maximum Gasteiger partial charge on any atom is 0.208 e. The van der Waals surface area contributed by atoms with Crippen LogP contribution in [0.2, 0.25) is 0 Å². The zero-order valence-electron chi connectivity index (χ0n) is 11.5. The van der Waals surface area contributed by atoms with Crippen molar-refractivity contribution in [1.82, 2.24) is 10.3 Å². The zero-order valence-corrected chi connectivity index (χ0v) is 11.5. The van der Waals surface area contributed by atoms with Crippen LogP contribution in [-0.2, 0) is 6.54 Å². The summed E-state index contributed by atoms with van der Waals surface area (Å²) in [5.41, 5.74) is 2.92. The van der Waals surface area contributed by atoms with Crippen molar-refractivity contribution < 1.29 is 4.42 Å². The predicted octanol–water partition coefficient (Wildman–Crippen LogP) is 3.33. The number of aromatic nitrogens is 1. The van der Waals surface area contributed by atoms with Gasteiger partial charge in [-0.2, -0.15) is 0 Å². The molecule has 1 aliphatic rings. The van der Waals surface area contributed by atoms with Crippen molar-refractivity contribution in [2.75, 3.05) is 0 Å². The Balaban J connectivity index is 1.49. The van der Waals surface area contributed by atoms with Crippen molar-refractivity contribution in [3.05, 3.63) is 53.2 Å². The summed E-state index contributed by atoms with van der Waals surface area (Å²) >= 11 is 0. The van der Waals surface area contributed by atoms with Gasteiger partial charge in [0.2, 0.25) is 5.89 Å². The second-order valence-corrected chi connectivity index (χ2v) is 5.47. The number of benzene rings is 1. The normalized spacial score (nSPS) is 22.2. The van der Waals surface area contributed by atoms with Gasteiger partial charge >= 0.3 is 0 Å². The number of nitrogens with zero attached hydrogens (tertiary/aromatic N) is 1. The van der Waals surface area contributed by atoms with Crippen molar-refractivity contribution in [2.45, 2.75) is 45.2 Å². The van der Waals surface area contributed by atoms with Crippen LogP contribution in [0.3, 0.4) is 0 Å². The quantitative estimate of drug-likeness (QED) is 0.911. The summed E-state index contributed by atoms with van der Waals surface area (Å²) in [6.45, 7) is 4.86. The summed E-state index contributed by atoms with van der Waals surface area (Å²) in [6, 6.07) is 9.30. The summed E-state index contributed by atoms with van der Waals surface area (Å²) < 4.78 is 5.46. The molecule has 0 bridgehead atoms. The molecule has 1 aliphatic carbocycles. The Bertz CT molecular complexity index is 555. The third-order valence-corrected chi connectivity index (χ3v) is 3.98. The molecule has 1 aromatic heterocycles. The van der Waals surface area contributed by atoms with Gasteiger partial charge < -0.3 is 9.73 Å². The van der Waals surface area contributed by atoms with E-state index in [2.05, 4.69) is 41.5 Å². The third kappa shape index (κ3) is 2.71. The maximum atomic E-state index is 5.46. The molecule has 0 saturated heterocycles. The molecule has 100 valence electrons. The van der Waals surface area contributed by atoms with Crippen molar-refractivity contribution in [3.8, 4) is 0 Å². The first-order valence-electron chi connectivity index (χ1n) is 6.92. The highest BCUT2D eigenvalue weighted by molar-refractivity contribution is 5.31. The molecule has 0 radical (unpaired) electrons. The van der Waals surface area contributed by atoms with Crippen molar-refractivity contribution >= 4 is 0 Å². The first-order valence-corrected chi connectivity index (χ1v) is 6.92. The van der Waals surface area contributed by atoms with E-state index in [1.807, 2.05) is 6.92 Å². The van der Waals surface area contributed by atoms with Crippen LogP contribution >= 0.6 is 0 Å². The van der Waals surface area contributed by atoms with Gasteiger partial charge in [-0.25, -0.2) is 4.98 Å². The topological polar surface area (TPSA) is 38.1 Å². The second kappa shape index (κ2) is 5.17. The number of nitrogens with one attached hydrogen (secondary N) is 1. The molecule has 19 heavy (non-hydrogen) atoms. The average Bonchev–Trinajstić information content (AvgIpc) is 2.75. The second-order valence-electron chi connectivity index (χ2n) is 5.47. The number of hydrogen-bond acceptors (Lipinski definition) is 3. The Morgan fingerprint density at radius 3 is 2.74 bits per heavy atom. The molecule has 1 fully saturated rings. The van der Waals surface area contributed by atoms with E-state index >= 15 is 0 Å². The van der Waals surface area contributed by atoms with Crippen LogP contribution in [-0.4, -0.2) is 11.0 Å². The minimum atomic E-state index is 0.594. The molecule has 0 spiro atoms. The first kappa shape index (κ1) is 12.4. The fraction of sp³-hybridized carbons (Fsp3) is 0.438. The van der Waals surface area contributed by atoms with E-state index < -0.39 is 0 Å². The standard InChI is InChI=1S/C16H20N2O/c1-11-5-3-4-6-15(11)13-7-14(8-13)17-10-16-18-9-12(2)19-16/h3-6,9,13-14,17H,7-8,10H2,1-2H3. The van der Waals surface area contributed by atoms with Gasteiger partial charge in [0.25, 0.3) is 0 Å². The highest BCUT2D eigenvalue weighted by atomic mass is 16.4. The van der Waals surface area contributed by atoms with Crippen molar-refractivity contribution in [3.63, 3.8) is 0 Å². The zero-order chi connectivity index (χ0) is 13.2. The van der Waals surface area contributed by atoms with Crippen LogP contribution in [0.4, 0.5) is 0 Å². The van der Waals surface area contributed by atoms with Gasteiger partial charge in [0.05, 0.1) is 12.7 Å². The molecular formula is C16H20N2O. The minimum Gasteiger partial charge on any atom is -0.445 e. The summed E-state index contributed by atoms with van der Waals surface area (Å²) in [4.78, 5) is 4.21. The lowest BCUT2D eigenvalue weighted by molar-refractivity contribution is 0.278. The Kier molecular flexibility index (Phi) is 3.38. The largest absolute Gasteiger partial charge is 0.445 e. The van der Waals surface area contributed by atoms with Gasteiger partial charge in [-0.15, -0.1) is 0 Å². The van der Waals surface area contributed by atoms with E-state index in [-0.39, 0.29) is 0 Å². The van der Waals surface area contributed by atoms with Crippen LogP contribution in [0.5, 0.6) is 0 Å². The van der Waals surface area contributed by atoms with Gasteiger partial charge in [-0.1, -0.05) is 24.3 Å². The Hall–Kier alpha value is -1.61. The van der Waals surface area contributed by atoms with Crippen LogP contribution in [0.15, 0.2) is 34.9 Å². The number of aryl methyl sites for hydroxylation is 2. The summed E-state index contributed by atoms with van der Waals surface area (Å²) in [7, 11) is 0. The van der Waals surface area contributed by atoms with E-state index in [1.54, 1.807) is 6.20 Å². The monoisotopic (exact) mass is 256 g/mol. The number of oxazole rings is 1. The fourth-order valence-corrected chi connectivity index (χ4v) is 2.80. The molecule has 0 unspecified atom stereocenters. The number of hydrogen-bond donors (Lipinski definition) is 1. The summed E-state index contributed by atoms with van der Waals surface area (Å²) in [6.07, 6.45) is 4.20. The van der Waals surface area contributed by atoms with Gasteiger partial charge in [-0.3, -0.25) is 0 Å². The SMILES string of the molecule is Cc1cnc(CNC2CC(c3ccccc3C)C2)o1. The molecule has 3 nitrogen and oxygen atoms in total. The van der Waals surface area contributed by atoms with Gasteiger partial charge in [-0.05, 0) is 43.7 Å². The van der Waals surface area contributed by atoms with Crippen LogP contribution in [0.25, 0.3) is 0 Å². The van der Waals surface area contributed by atoms with E-state index in [4.69, 9.17) is 4.42 Å². The third-order valence-electron chi connectivity index (χ3n) is 3.98. The Morgan fingerprint density at radius 1 is 1.26 bits per heavy atom. The first-order chi connectivity index (χ1) is 9.22. The fourth-order valence-electron chi connectivity index (χ4n) is 2.80. The van der Waals surface area contributed by atoms with E-state index in [1.165, 1.54) is 24.0 Å². The van der Waals surface area contributed by atoms with E-state index in [0.717, 1.165) is 18.2 Å². The minimum absolute atomic E-state index is 0.594.